The van der Waals surface area contributed by atoms with E-state index in [0.717, 1.165) is 16.9 Å². The highest BCUT2D eigenvalue weighted by Gasteiger charge is 2.12. The minimum Gasteiger partial charge on any atom is -0.291 e. The van der Waals surface area contributed by atoms with E-state index in [4.69, 9.17) is 0 Å². The number of nitrogens with zero attached hydrogens (tertiary/aromatic N) is 3. The van der Waals surface area contributed by atoms with E-state index in [2.05, 4.69) is 49.2 Å². The van der Waals surface area contributed by atoms with Crippen LogP contribution in [-0.4, -0.2) is 9.38 Å². The number of hydrogen-bond acceptors (Lipinski definition) is 2. The summed E-state index contributed by atoms with van der Waals surface area (Å²) in [7, 11) is 0. The predicted octanol–water partition coefficient (Wildman–Crippen LogP) is 4.23. The van der Waals surface area contributed by atoms with E-state index in [1.807, 2.05) is 29.7 Å². The van der Waals surface area contributed by atoms with E-state index in [0.29, 0.717) is 18.0 Å². The number of aryl methyl sites for hydroxylation is 1. The van der Waals surface area contributed by atoms with Gasteiger partial charge >= 0.3 is 0 Å². The van der Waals surface area contributed by atoms with Crippen molar-refractivity contribution >= 4 is 5.65 Å². The summed E-state index contributed by atoms with van der Waals surface area (Å²) >= 11 is 0. The highest BCUT2D eigenvalue weighted by Crippen LogP contribution is 2.19. The third kappa shape index (κ3) is 2.60. The molecule has 3 nitrogen and oxygen atoms in total. The van der Waals surface area contributed by atoms with Gasteiger partial charge in [-0.1, -0.05) is 38.1 Å². The first kappa shape index (κ1) is 14.3. The first-order valence-corrected chi connectivity index (χ1v) is 7.55. The molecular weight excluding hydrogens is 270 g/mol. The highest BCUT2D eigenvalue weighted by atomic mass is 15.0. The quantitative estimate of drug-likeness (QED) is 0.724. The van der Waals surface area contributed by atoms with Crippen LogP contribution in [0.2, 0.25) is 0 Å². The van der Waals surface area contributed by atoms with Crippen LogP contribution in [0.4, 0.5) is 0 Å². The zero-order chi connectivity index (χ0) is 15.7. The van der Waals surface area contributed by atoms with Crippen molar-refractivity contribution in [3.05, 3.63) is 70.7 Å². The molecule has 110 valence electrons. The van der Waals surface area contributed by atoms with Gasteiger partial charge in [0.15, 0.2) is 0 Å². The Bertz CT molecular complexity index is 849. The van der Waals surface area contributed by atoms with Gasteiger partial charge in [-0.25, -0.2) is 4.98 Å². The Hall–Kier alpha value is -2.60. The standard InChI is InChI=1S/C19H19N3/c1-13(2)16-6-4-15(5-7-16)11-17-18(12-20)22-9-8-14(3)10-19(22)21-17/h4-10,13H,11H2,1-3H3. The fourth-order valence-corrected chi connectivity index (χ4v) is 2.65. The number of hydrogen-bond donors (Lipinski definition) is 0. The van der Waals surface area contributed by atoms with Crippen molar-refractivity contribution < 1.29 is 0 Å². The lowest BCUT2D eigenvalue weighted by atomic mass is 10.00. The van der Waals surface area contributed by atoms with Gasteiger partial charge in [-0.05, 0) is 41.7 Å². The van der Waals surface area contributed by atoms with Crippen molar-refractivity contribution in [2.75, 3.05) is 0 Å². The smallest absolute Gasteiger partial charge is 0.148 e. The Morgan fingerprint density at radius 2 is 1.91 bits per heavy atom. The van der Waals surface area contributed by atoms with Crippen LogP contribution in [0.15, 0.2) is 42.6 Å². The molecule has 0 saturated heterocycles. The normalized spacial score (nSPS) is 11.0. The molecule has 0 N–H and O–H groups in total. The van der Waals surface area contributed by atoms with Crippen LogP contribution in [0.3, 0.4) is 0 Å². The van der Waals surface area contributed by atoms with Crippen LogP contribution in [0.5, 0.6) is 0 Å². The molecule has 0 aliphatic carbocycles. The summed E-state index contributed by atoms with van der Waals surface area (Å²) in [6, 6.07) is 14.9. The average molecular weight is 289 g/mol. The van der Waals surface area contributed by atoms with Gasteiger partial charge in [0.2, 0.25) is 0 Å². The first-order valence-electron chi connectivity index (χ1n) is 7.55. The number of imidazole rings is 1. The monoisotopic (exact) mass is 289 g/mol. The molecule has 0 radical (unpaired) electrons. The molecule has 0 spiro atoms. The maximum Gasteiger partial charge on any atom is 0.148 e. The lowest BCUT2D eigenvalue weighted by Crippen LogP contribution is -1.95. The van der Waals surface area contributed by atoms with Gasteiger partial charge in [-0.2, -0.15) is 5.26 Å². The second-order valence-electron chi connectivity index (χ2n) is 6.02. The summed E-state index contributed by atoms with van der Waals surface area (Å²) in [6.07, 6.45) is 2.60. The third-order valence-corrected chi connectivity index (χ3v) is 3.98. The molecular formula is C19H19N3. The summed E-state index contributed by atoms with van der Waals surface area (Å²) < 4.78 is 1.87. The lowest BCUT2D eigenvalue weighted by molar-refractivity contribution is 0.865. The molecule has 1 aromatic carbocycles. The molecule has 3 heteroatoms. The van der Waals surface area contributed by atoms with Crippen molar-refractivity contribution in [2.24, 2.45) is 0 Å². The van der Waals surface area contributed by atoms with Gasteiger partial charge < -0.3 is 0 Å². The SMILES string of the molecule is Cc1ccn2c(C#N)c(Cc3ccc(C(C)C)cc3)nc2c1. The summed E-state index contributed by atoms with van der Waals surface area (Å²) in [5.41, 5.74) is 5.96. The van der Waals surface area contributed by atoms with Crippen molar-refractivity contribution in [2.45, 2.75) is 33.1 Å². The second kappa shape index (κ2) is 5.65. The van der Waals surface area contributed by atoms with E-state index in [1.165, 1.54) is 11.1 Å². The Kier molecular flexibility index (Phi) is 3.68. The van der Waals surface area contributed by atoms with Crippen LogP contribution in [0, 0.1) is 18.3 Å². The summed E-state index contributed by atoms with van der Waals surface area (Å²) in [4.78, 5) is 4.64. The maximum absolute atomic E-state index is 9.46. The maximum atomic E-state index is 9.46. The number of aromatic nitrogens is 2. The second-order valence-corrected chi connectivity index (χ2v) is 6.02. The van der Waals surface area contributed by atoms with Gasteiger partial charge in [-0.3, -0.25) is 4.40 Å². The molecule has 3 rings (SSSR count). The number of nitriles is 1. The average Bonchev–Trinajstić information content (AvgIpc) is 2.83. The van der Waals surface area contributed by atoms with Crippen LogP contribution in [-0.2, 0) is 6.42 Å². The molecule has 0 saturated carbocycles. The molecule has 0 fully saturated rings. The summed E-state index contributed by atoms with van der Waals surface area (Å²) in [5, 5.41) is 9.46. The molecule has 0 aliphatic heterocycles. The molecule has 0 aliphatic rings. The Balaban J connectivity index is 1.98. The van der Waals surface area contributed by atoms with Crippen LogP contribution >= 0.6 is 0 Å². The van der Waals surface area contributed by atoms with Gasteiger partial charge in [0.1, 0.15) is 17.4 Å². The van der Waals surface area contributed by atoms with Crippen molar-refractivity contribution in [3.63, 3.8) is 0 Å². The van der Waals surface area contributed by atoms with Crippen LogP contribution in [0.25, 0.3) is 5.65 Å². The zero-order valence-electron chi connectivity index (χ0n) is 13.2. The predicted molar refractivity (Wildman–Crippen MR) is 88.0 cm³/mol. The van der Waals surface area contributed by atoms with Crippen molar-refractivity contribution in [3.8, 4) is 6.07 Å². The van der Waals surface area contributed by atoms with E-state index in [1.54, 1.807) is 0 Å². The van der Waals surface area contributed by atoms with Crippen LogP contribution in [0.1, 0.15) is 47.8 Å². The molecule has 3 aromatic rings. The summed E-state index contributed by atoms with van der Waals surface area (Å²) in [6.45, 7) is 6.41. The summed E-state index contributed by atoms with van der Waals surface area (Å²) in [5.74, 6) is 0.530. The van der Waals surface area contributed by atoms with Crippen LogP contribution < -0.4 is 0 Å². The van der Waals surface area contributed by atoms with Gasteiger partial charge in [0, 0.05) is 12.6 Å². The number of fused-ring (bicyclic) bond motifs is 1. The molecule has 22 heavy (non-hydrogen) atoms. The lowest BCUT2D eigenvalue weighted by Gasteiger charge is -2.06. The van der Waals surface area contributed by atoms with E-state index in [-0.39, 0.29) is 0 Å². The Morgan fingerprint density at radius 1 is 1.18 bits per heavy atom. The molecule has 2 aromatic heterocycles. The number of pyridine rings is 1. The van der Waals surface area contributed by atoms with E-state index in [9.17, 15) is 5.26 Å². The van der Waals surface area contributed by atoms with Crippen molar-refractivity contribution in [1.82, 2.24) is 9.38 Å². The molecule has 0 amide bonds. The zero-order valence-corrected chi connectivity index (χ0v) is 13.2. The fraction of sp³-hybridized carbons (Fsp3) is 0.263. The van der Waals surface area contributed by atoms with E-state index < -0.39 is 0 Å². The molecule has 0 bridgehead atoms. The minimum absolute atomic E-state index is 0.530. The fourth-order valence-electron chi connectivity index (χ4n) is 2.65. The highest BCUT2D eigenvalue weighted by molar-refractivity contribution is 5.50. The molecule has 2 heterocycles. The van der Waals surface area contributed by atoms with E-state index >= 15 is 0 Å². The van der Waals surface area contributed by atoms with Crippen molar-refractivity contribution in [1.29, 1.82) is 5.26 Å². The Morgan fingerprint density at radius 3 is 2.55 bits per heavy atom. The number of benzene rings is 1. The van der Waals surface area contributed by atoms with Gasteiger partial charge in [0.05, 0.1) is 5.69 Å². The Labute approximate surface area is 130 Å². The largest absolute Gasteiger partial charge is 0.291 e. The van der Waals surface area contributed by atoms with Gasteiger partial charge in [0.25, 0.3) is 0 Å². The topological polar surface area (TPSA) is 41.1 Å². The molecule has 0 atom stereocenters. The first-order chi connectivity index (χ1) is 10.6. The third-order valence-electron chi connectivity index (χ3n) is 3.98. The number of rotatable bonds is 3. The minimum atomic E-state index is 0.530. The molecule has 0 unspecified atom stereocenters. The van der Waals surface area contributed by atoms with Gasteiger partial charge in [-0.15, -0.1) is 0 Å².